The first-order valence-electron chi connectivity index (χ1n) is 6.79. The topological polar surface area (TPSA) is 92.6 Å². The van der Waals surface area contributed by atoms with Gasteiger partial charge in [-0.3, -0.25) is 10.1 Å². The molecule has 1 aromatic carbocycles. The smallest absolute Gasteiger partial charge is 0.273 e. The van der Waals surface area contributed by atoms with Crippen molar-refractivity contribution in [3.63, 3.8) is 0 Å². The van der Waals surface area contributed by atoms with Crippen LogP contribution in [0.3, 0.4) is 0 Å². The van der Waals surface area contributed by atoms with Crippen LogP contribution in [0.4, 0.5) is 5.69 Å². The summed E-state index contributed by atoms with van der Waals surface area (Å²) < 4.78 is 26.8. The van der Waals surface area contributed by atoms with Crippen LogP contribution in [0.15, 0.2) is 23.1 Å². The zero-order valence-electron chi connectivity index (χ0n) is 12.1. The average Bonchev–Trinajstić information content (AvgIpc) is 2.88. The van der Waals surface area contributed by atoms with E-state index in [-0.39, 0.29) is 16.6 Å². The van der Waals surface area contributed by atoms with E-state index in [0.717, 1.165) is 18.9 Å². The van der Waals surface area contributed by atoms with Gasteiger partial charge >= 0.3 is 0 Å². The highest BCUT2D eigenvalue weighted by atomic mass is 32.2. The first-order chi connectivity index (χ1) is 9.87. The average molecular weight is 313 g/mol. The Balaban J connectivity index is 2.40. The molecule has 21 heavy (non-hydrogen) atoms. The summed E-state index contributed by atoms with van der Waals surface area (Å²) in [5.74, 6) is 0. The molecule has 2 rings (SSSR count). The van der Waals surface area contributed by atoms with Gasteiger partial charge in [0.25, 0.3) is 5.69 Å². The monoisotopic (exact) mass is 313 g/mol. The van der Waals surface area contributed by atoms with Gasteiger partial charge in [-0.05, 0) is 32.9 Å². The van der Waals surface area contributed by atoms with Gasteiger partial charge in [-0.15, -0.1) is 0 Å². The van der Waals surface area contributed by atoms with Crippen molar-refractivity contribution in [3.8, 4) is 0 Å². The number of benzene rings is 1. The van der Waals surface area contributed by atoms with Gasteiger partial charge < -0.3 is 5.32 Å². The van der Waals surface area contributed by atoms with Crippen molar-refractivity contribution in [1.29, 1.82) is 0 Å². The summed E-state index contributed by atoms with van der Waals surface area (Å²) in [6.45, 7) is 2.62. The second kappa shape index (κ2) is 6.08. The first-order valence-corrected chi connectivity index (χ1v) is 8.23. The fraction of sp³-hybridized carbons (Fsp3) is 0.538. The zero-order chi connectivity index (χ0) is 15.6. The van der Waals surface area contributed by atoms with Crippen LogP contribution in [0.5, 0.6) is 0 Å². The van der Waals surface area contributed by atoms with Gasteiger partial charge in [0, 0.05) is 30.8 Å². The molecular formula is C13H19N3O4S. The highest BCUT2D eigenvalue weighted by Crippen LogP contribution is 2.29. The fourth-order valence-corrected chi connectivity index (χ4v) is 4.36. The van der Waals surface area contributed by atoms with E-state index >= 15 is 0 Å². The van der Waals surface area contributed by atoms with Crippen LogP contribution in [0, 0.1) is 17.0 Å². The minimum atomic E-state index is -3.69. The number of hydrogen-bond acceptors (Lipinski definition) is 5. The maximum atomic E-state index is 12.7. The Morgan fingerprint density at radius 2 is 2.19 bits per heavy atom. The van der Waals surface area contributed by atoms with Crippen LogP contribution in [0.2, 0.25) is 0 Å². The van der Waals surface area contributed by atoms with Crippen molar-refractivity contribution in [2.45, 2.75) is 30.7 Å². The van der Waals surface area contributed by atoms with E-state index in [1.807, 2.05) is 0 Å². The molecule has 1 aromatic rings. The molecule has 0 aliphatic carbocycles. The van der Waals surface area contributed by atoms with Gasteiger partial charge in [0.05, 0.1) is 9.82 Å². The van der Waals surface area contributed by atoms with E-state index in [0.29, 0.717) is 18.7 Å². The lowest BCUT2D eigenvalue weighted by Crippen LogP contribution is -2.40. The standard InChI is InChI=1S/C13H19N3O4S/c1-10-5-6-12(8-13(10)16(17)18)21(19,20)15-7-3-4-11(15)9-14-2/h5-6,8,11,14H,3-4,7,9H2,1-2H3. The molecule has 0 aromatic heterocycles. The lowest BCUT2D eigenvalue weighted by Gasteiger charge is -2.23. The number of nitrogens with zero attached hydrogens (tertiary/aromatic N) is 2. The van der Waals surface area contributed by atoms with Crippen molar-refractivity contribution in [3.05, 3.63) is 33.9 Å². The Kier molecular flexibility index (Phi) is 4.60. The van der Waals surface area contributed by atoms with Crippen molar-refractivity contribution in [2.75, 3.05) is 20.1 Å². The zero-order valence-corrected chi connectivity index (χ0v) is 12.9. The van der Waals surface area contributed by atoms with Gasteiger partial charge in [0.2, 0.25) is 10.0 Å². The van der Waals surface area contributed by atoms with Crippen molar-refractivity contribution >= 4 is 15.7 Å². The molecule has 0 bridgehead atoms. The molecule has 0 spiro atoms. The quantitative estimate of drug-likeness (QED) is 0.653. The predicted molar refractivity (Wildman–Crippen MR) is 78.7 cm³/mol. The summed E-state index contributed by atoms with van der Waals surface area (Å²) in [5, 5.41) is 14.0. The number of nitro groups is 1. The van der Waals surface area contributed by atoms with E-state index < -0.39 is 14.9 Å². The largest absolute Gasteiger partial charge is 0.318 e. The predicted octanol–water partition coefficient (Wildman–Crippen LogP) is 1.28. The number of nitro benzene ring substituents is 1. The molecule has 116 valence electrons. The summed E-state index contributed by atoms with van der Waals surface area (Å²) in [6, 6.07) is 3.97. The lowest BCUT2D eigenvalue weighted by molar-refractivity contribution is -0.385. The third-order valence-corrected chi connectivity index (χ3v) is 5.69. The first kappa shape index (κ1) is 15.9. The molecule has 1 fully saturated rings. The molecule has 1 aliphatic rings. The molecule has 1 atom stereocenters. The summed E-state index contributed by atoms with van der Waals surface area (Å²) in [7, 11) is -1.92. The highest BCUT2D eigenvalue weighted by molar-refractivity contribution is 7.89. The Morgan fingerprint density at radius 1 is 1.48 bits per heavy atom. The Bertz CT molecular complexity index is 645. The Morgan fingerprint density at radius 3 is 2.81 bits per heavy atom. The molecule has 1 saturated heterocycles. The molecule has 0 amide bonds. The minimum absolute atomic E-state index is 0.0113. The molecule has 0 radical (unpaired) electrons. The number of aryl methyl sites for hydroxylation is 1. The Labute approximate surface area is 124 Å². The second-order valence-corrected chi connectivity index (χ2v) is 7.07. The Hall–Kier alpha value is -1.51. The second-order valence-electron chi connectivity index (χ2n) is 5.17. The molecular weight excluding hydrogens is 294 g/mol. The number of likely N-dealkylation sites (N-methyl/N-ethyl adjacent to an activating group) is 1. The van der Waals surface area contributed by atoms with Crippen LogP contribution in [-0.2, 0) is 10.0 Å². The van der Waals surface area contributed by atoms with Crippen LogP contribution < -0.4 is 5.32 Å². The van der Waals surface area contributed by atoms with Gasteiger partial charge in [-0.2, -0.15) is 4.31 Å². The fourth-order valence-electron chi connectivity index (χ4n) is 2.65. The van der Waals surface area contributed by atoms with Crippen molar-refractivity contribution in [2.24, 2.45) is 0 Å². The van der Waals surface area contributed by atoms with Gasteiger partial charge in [-0.1, -0.05) is 6.07 Å². The van der Waals surface area contributed by atoms with E-state index in [1.54, 1.807) is 14.0 Å². The molecule has 7 nitrogen and oxygen atoms in total. The third kappa shape index (κ3) is 3.07. The summed E-state index contributed by atoms with van der Waals surface area (Å²) in [6.07, 6.45) is 1.60. The van der Waals surface area contributed by atoms with E-state index in [9.17, 15) is 18.5 Å². The maximum absolute atomic E-state index is 12.7. The van der Waals surface area contributed by atoms with E-state index in [2.05, 4.69) is 5.32 Å². The number of nitrogens with one attached hydrogen (secondary N) is 1. The van der Waals surface area contributed by atoms with Crippen molar-refractivity contribution < 1.29 is 13.3 Å². The number of hydrogen-bond donors (Lipinski definition) is 1. The molecule has 1 heterocycles. The van der Waals surface area contributed by atoms with Crippen LogP contribution >= 0.6 is 0 Å². The number of sulfonamides is 1. The highest BCUT2D eigenvalue weighted by Gasteiger charge is 2.35. The van der Waals surface area contributed by atoms with Gasteiger partial charge in [0.15, 0.2) is 0 Å². The summed E-state index contributed by atoms with van der Waals surface area (Å²) in [4.78, 5) is 10.4. The van der Waals surface area contributed by atoms with E-state index in [1.165, 1.54) is 16.4 Å². The van der Waals surface area contributed by atoms with Gasteiger partial charge in [-0.25, -0.2) is 8.42 Å². The normalized spacial score (nSPS) is 19.8. The molecule has 1 N–H and O–H groups in total. The van der Waals surface area contributed by atoms with Gasteiger partial charge in [0.1, 0.15) is 0 Å². The third-order valence-electron chi connectivity index (χ3n) is 3.75. The molecule has 1 aliphatic heterocycles. The number of rotatable bonds is 5. The van der Waals surface area contributed by atoms with E-state index in [4.69, 9.17) is 0 Å². The summed E-state index contributed by atoms with van der Waals surface area (Å²) >= 11 is 0. The van der Waals surface area contributed by atoms with Crippen molar-refractivity contribution in [1.82, 2.24) is 9.62 Å². The molecule has 0 saturated carbocycles. The summed E-state index contributed by atoms with van der Waals surface area (Å²) in [5.41, 5.74) is 0.285. The molecule has 8 heteroatoms. The SMILES string of the molecule is CNCC1CCCN1S(=O)(=O)c1ccc(C)c([N+](=O)[O-])c1. The van der Waals surface area contributed by atoms with Crippen LogP contribution in [0.1, 0.15) is 18.4 Å². The van der Waals surface area contributed by atoms with Crippen LogP contribution in [0.25, 0.3) is 0 Å². The maximum Gasteiger partial charge on any atom is 0.273 e. The minimum Gasteiger partial charge on any atom is -0.318 e. The van der Waals surface area contributed by atoms with Crippen LogP contribution in [-0.4, -0.2) is 43.8 Å². The lowest BCUT2D eigenvalue weighted by atomic mass is 10.2. The molecule has 1 unspecified atom stereocenters.